The van der Waals surface area contributed by atoms with E-state index in [0.29, 0.717) is 6.42 Å². The highest BCUT2D eigenvalue weighted by atomic mass is 16.7. The van der Waals surface area contributed by atoms with Gasteiger partial charge in [0, 0.05) is 33.6 Å². The fourth-order valence-electron chi connectivity index (χ4n) is 8.34. The van der Waals surface area contributed by atoms with Gasteiger partial charge in [0.2, 0.25) is 0 Å². The Hall–Kier alpha value is -5.80. The van der Waals surface area contributed by atoms with Crippen LogP contribution in [0, 0.1) is 0 Å². The third kappa shape index (κ3) is 15.4. The topological polar surface area (TPSA) is 188 Å². The third-order valence-corrected chi connectivity index (χ3v) is 11.3. The third-order valence-electron chi connectivity index (χ3n) is 11.3. The van der Waals surface area contributed by atoms with Crippen LogP contribution in [0.5, 0.6) is 0 Å². The molecule has 65 heavy (non-hydrogen) atoms. The Morgan fingerprint density at radius 3 is 1.75 bits per heavy atom. The Morgan fingerprint density at radius 1 is 0.600 bits per heavy atom. The lowest BCUT2D eigenvalue weighted by Crippen LogP contribution is -2.64. The Bertz CT molecular complexity index is 1990. The molecule has 7 atom stereocenters. The number of esters is 5. The standard InChI is InChI=1S/C50H63NO14/c1-6-7-8-9-10-11-12-16-27-43(64-49-48(63-35(5)55)47(62-34(4)54)46(61-33(3)53)44(65-49)31-58-32(2)52)42(30-59-45(56)28-36-21-14-13-15-22-36)51-50(57)60-29-41-39-25-19-17-23-37(39)38-24-18-20-26-40(38)41/h13-15,17-26,41-44,46-49H,6-12,16,27-31H2,1-5H3,(H,51,57)/t42-,43-,44-,46-,47+,48-,49-/m1/s1. The van der Waals surface area contributed by atoms with E-state index >= 15 is 0 Å². The summed E-state index contributed by atoms with van der Waals surface area (Å²) in [7, 11) is 0. The van der Waals surface area contributed by atoms with Crippen molar-refractivity contribution in [2.45, 2.75) is 148 Å². The predicted molar refractivity (Wildman–Crippen MR) is 237 cm³/mol. The normalized spacial score (nSPS) is 19.7. The lowest BCUT2D eigenvalue weighted by molar-refractivity contribution is -0.319. The zero-order valence-electron chi connectivity index (χ0n) is 38.0. The molecule has 3 aromatic rings. The minimum atomic E-state index is -1.55. The Kier molecular flexibility index (Phi) is 19.8. The van der Waals surface area contributed by atoms with E-state index in [9.17, 15) is 28.8 Å². The highest BCUT2D eigenvalue weighted by Gasteiger charge is 2.53. The molecule has 1 heterocycles. The summed E-state index contributed by atoms with van der Waals surface area (Å²) in [5.41, 5.74) is 4.88. The van der Waals surface area contributed by atoms with Crippen LogP contribution in [0.4, 0.5) is 4.79 Å². The van der Waals surface area contributed by atoms with Crippen molar-refractivity contribution < 1.29 is 66.7 Å². The van der Waals surface area contributed by atoms with Crippen LogP contribution in [0.3, 0.4) is 0 Å². The summed E-state index contributed by atoms with van der Waals surface area (Å²) < 4.78 is 47.1. The molecular weight excluding hydrogens is 839 g/mol. The monoisotopic (exact) mass is 901 g/mol. The van der Waals surface area contributed by atoms with Crippen molar-refractivity contribution in [1.82, 2.24) is 5.32 Å². The minimum Gasteiger partial charge on any atom is -0.463 e. The molecule has 15 heteroatoms. The number of fused-ring (bicyclic) bond motifs is 3. The predicted octanol–water partition coefficient (Wildman–Crippen LogP) is 7.68. The molecule has 1 amide bonds. The molecule has 1 aliphatic carbocycles. The number of unbranched alkanes of at least 4 members (excludes halogenated alkanes) is 7. The van der Waals surface area contributed by atoms with Gasteiger partial charge >= 0.3 is 35.9 Å². The highest BCUT2D eigenvalue weighted by Crippen LogP contribution is 2.44. The highest BCUT2D eigenvalue weighted by molar-refractivity contribution is 5.79. The second-order valence-electron chi connectivity index (χ2n) is 16.4. The van der Waals surface area contributed by atoms with Gasteiger partial charge in [0.15, 0.2) is 24.6 Å². The van der Waals surface area contributed by atoms with Crippen LogP contribution in [0.25, 0.3) is 11.1 Å². The van der Waals surface area contributed by atoms with Gasteiger partial charge in [-0.15, -0.1) is 0 Å². The maximum Gasteiger partial charge on any atom is 0.407 e. The first-order chi connectivity index (χ1) is 31.3. The van der Waals surface area contributed by atoms with Gasteiger partial charge in [-0.1, -0.05) is 137 Å². The number of amides is 1. The van der Waals surface area contributed by atoms with E-state index in [0.717, 1.165) is 93.5 Å². The molecule has 352 valence electrons. The number of ether oxygens (including phenoxy) is 8. The van der Waals surface area contributed by atoms with E-state index in [-0.39, 0.29) is 32.0 Å². The first-order valence-electron chi connectivity index (χ1n) is 22.6. The summed E-state index contributed by atoms with van der Waals surface area (Å²) in [4.78, 5) is 77.1. The van der Waals surface area contributed by atoms with Crippen LogP contribution >= 0.6 is 0 Å². The van der Waals surface area contributed by atoms with Gasteiger partial charge in [-0.3, -0.25) is 24.0 Å². The molecule has 2 aliphatic rings. The van der Waals surface area contributed by atoms with Crippen LogP contribution in [-0.4, -0.2) is 98.6 Å². The first kappa shape index (κ1) is 50.2. The molecule has 1 saturated heterocycles. The summed E-state index contributed by atoms with van der Waals surface area (Å²) in [5.74, 6) is -3.84. The molecule has 15 nitrogen and oxygen atoms in total. The van der Waals surface area contributed by atoms with Crippen LogP contribution in [-0.2, 0) is 68.3 Å². The van der Waals surface area contributed by atoms with Gasteiger partial charge in [-0.25, -0.2) is 4.79 Å². The summed E-state index contributed by atoms with van der Waals surface area (Å²) in [5, 5.41) is 2.91. The Balaban J connectivity index is 1.46. The van der Waals surface area contributed by atoms with E-state index in [1.54, 1.807) is 12.1 Å². The molecule has 5 rings (SSSR count). The number of nitrogens with one attached hydrogen (secondary N) is 1. The number of rotatable bonds is 24. The summed E-state index contributed by atoms with van der Waals surface area (Å²) in [6, 6.07) is 23.9. The second kappa shape index (κ2) is 25.6. The number of carbonyl (C=O) groups excluding carboxylic acids is 6. The Morgan fingerprint density at radius 2 is 1.15 bits per heavy atom. The van der Waals surface area contributed by atoms with Gasteiger partial charge in [-0.05, 0) is 34.2 Å². The largest absolute Gasteiger partial charge is 0.463 e. The number of alkyl carbamates (subject to hydrolysis) is 1. The van der Waals surface area contributed by atoms with E-state index in [4.69, 9.17) is 37.9 Å². The molecule has 1 N–H and O–H groups in total. The number of carbonyl (C=O) groups is 6. The number of hydrogen-bond acceptors (Lipinski definition) is 14. The van der Waals surface area contributed by atoms with Crippen molar-refractivity contribution in [3.05, 3.63) is 95.6 Å². The average molecular weight is 902 g/mol. The van der Waals surface area contributed by atoms with E-state index in [1.165, 1.54) is 6.92 Å². The summed E-state index contributed by atoms with van der Waals surface area (Å²) >= 11 is 0. The summed E-state index contributed by atoms with van der Waals surface area (Å²) in [6.45, 7) is 5.94. The molecule has 0 bridgehead atoms. The molecule has 3 aromatic carbocycles. The summed E-state index contributed by atoms with van der Waals surface area (Å²) in [6.07, 6.45) is -0.900. The molecule has 0 saturated carbocycles. The number of benzene rings is 3. The zero-order chi connectivity index (χ0) is 46.7. The molecule has 0 unspecified atom stereocenters. The maximum absolute atomic E-state index is 14.0. The van der Waals surface area contributed by atoms with Crippen LogP contribution in [0.1, 0.15) is 115 Å². The molecule has 1 fully saturated rings. The maximum atomic E-state index is 14.0. The van der Waals surface area contributed by atoms with Gasteiger partial charge in [0.25, 0.3) is 0 Å². The smallest absolute Gasteiger partial charge is 0.407 e. The molecule has 0 aromatic heterocycles. The van der Waals surface area contributed by atoms with E-state index in [1.807, 2.05) is 66.7 Å². The SMILES string of the molecule is CCCCCCCCCC[C@@H](O[C@@H]1O[C@H](COC(C)=O)[C@@H](OC(C)=O)[C@H](OC(C)=O)[C@H]1OC(C)=O)[C@@H](COC(=O)Cc1ccccc1)NC(=O)OCC1c2ccccc2-c2ccccc21. The second-order valence-corrected chi connectivity index (χ2v) is 16.4. The van der Waals surface area contributed by atoms with Crippen LogP contribution in [0.15, 0.2) is 78.9 Å². The van der Waals surface area contributed by atoms with Gasteiger partial charge < -0.3 is 43.2 Å². The molecule has 0 spiro atoms. The average Bonchev–Trinajstić information content (AvgIpc) is 3.59. The van der Waals surface area contributed by atoms with Crippen LogP contribution in [0.2, 0.25) is 0 Å². The number of hydrogen-bond donors (Lipinski definition) is 1. The van der Waals surface area contributed by atoms with Crippen LogP contribution < -0.4 is 5.32 Å². The van der Waals surface area contributed by atoms with E-state index in [2.05, 4.69) is 12.2 Å². The Labute approximate surface area is 381 Å². The lowest BCUT2D eigenvalue weighted by atomic mass is 9.97. The van der Waals surface area contributed by atoms with E-state index < -0.39 is 85.4 Å². The lowest BCUT2D eigenvalue weighted by Gasteiger charge is -2.45. The molecule has 0 radical (unpaired) electrons. The van der Waals surface area contributed by atoms with Crippen molar-refractivity contribution in [3.8, 4) is 11.1 Å². The van der Waals surface area contributed by atoms with Crippen molar-refractivity contribution in [1.29, 1.82) is 0 Å². The van der Waals surface area contributed by atoms with Crippen molar-refractivity contribution in [2.75, 3.05) is 19.8 Å². The fourth-order valence-corrected chi connectivity index (χ4v) is 8.34. The van der Waals surface area contributed by atoms with Crippen molar-refractivity contribution in [2.24, 2.45) is 0 Å². The molecular formula is C50H63NO14. The minimum absolute atomic E-state index is 0.00359. The van der Waals surface area contributed by atoms with Crippen molar-refractivity contribution >= 4 is 35.9 Å². The quantitative estimate of drug-likeness (QED) is 0.0524. The van der Waals surface area contributed by atoms with Crippen molar-refractivity contribution in [3.63, 3.8) is 0 Å². The van der Waals surface area contributed by atoms with Gasteiger partial charge in [-0.2, -0.15) is 0 Å². The zero-order valence-corrected chi connectivity index (χ0v) is 38.0. The first-order valence-corrected chi connectivity index (χ1v) is 22.6. The van der Waals surface area contributed by atoms with Gasteiger partial charge in [0.05, 0.1) is 18.6 Å². The molecule has 1 aliphatic heterocycles. The fraction of sp³-hybridized carbons (Fsp3) is 0.520. The van der Waals surface area contributed by atoms with Gasteiger partial charge in [0.1, 0.15) is 25.9 Å².